The zero-order valence-electron chi connectivity index (χ0n) is 13.3. The van der Waals surface area contributed by atoms with Crippen LogP contribution in [0.1, 0.15) is 17.1 Å². The van der Waals surface area contributed by atoms with Crippen molar-refractivity contribution in [3.8, 4) is 0 Å². The molecule has 0 spiro atoms. The zero-order chi connectivity index (χ0) is 16.6. The van der Waals surface area contributed by atoms with Gasteiger partial charge in [0.05, 0.1) is 31.8 Å². The van der Waals surface area contributed by atoms with E-state index in [1.165, 1.54) is 5.56 Å². The predicted molar refractivity (Wildman–Crippen MR) is 91.5 cm³/mol. The van der Waals surface area contributed by atoms with Gasteiger partial charge in [-0.15, -0.1) is 0 Å². The molecule has 6 heteroatoms. The average Bonchev–Trinajstić information content (AvgIpc) is 3.30. The molecule has 0 amide bonds. The summed E-state index contributed by atoms with van der Waals surface area (Å²) < 4.78 is 16.2. The minimum absolute atomic E-state index is 0.263. The monoisotopic (exact) mass is 347 g/mol. The van der Waals surface area contributed by atoms with E-state index in [0.29, 0.717) is 19.7 Å². The first-order valence-corrected chi connectivity index (χ1v) is 8.78. The second kappa shape index (κ2) is 8.84. The van der Waals surface area contributed by atoms with E-state index in [1.807, 2.05) is 24.3 Å². The number of hydrogen-bond donors (Lipinski definition) is 1. The number of hydrogen-bond acceptors (Lipinski definition) is 6. The molecule has 0 saturated carbocycles. The smallest absolute Gasteiger partial charge is 0.129 e. The molecule has 1 atom stereocenters. The number of aliphatic hydroxyl groups is 1. The van der Waals surface area contributed by atoms with E-state index in [4.69, 9.17) is 13.6 Å². The van der Waals surface area contributed by atoms with Crippen molar-refractivity contribution in [3.05, 3.63) is 70.7 Å². The van der Waals surface area contributed by atoms with Crippen LogP contribution >= 0.6 is 11.3 Å². The highest BCUT2D eigenvalue weighted by molar-refractivity contribution is 7.07. The fraction of sp³-hybridized carbons (Fsp3) is 0.333. The number of aliphatic hydroxyl groups excluding tert-OH is 1. The van der Waals surface area contributed by atoms with Gasteiger partial charge in [-0.25, -0.2) is 0 Å². The molecule has 3 aromatic rings. The molecular formula is C18H21NO4S. The summed E-state index contributed by atoms with van der Waals surface area (Å²) in [5, 5.41) is 14.5. The van der Waals surface area contributed by atoms with Crippen LogP contribution in [-0.2, 0) is 24.4 Å². The van der Waals surface area contributed by atoms with Crippen LogP contribution in [0, 0.1) is 0 Å². The van der Waals surface area contributed by atoms with E-state index in [-0.39, 0.29) is 6.61 Å². The molecule has 0 fully saturated rings. The van der Waals surface area contributed by atoms with Gasteiger partial charge in [0.25, 0.3) is 0 Å². The second-order valence-electron chi connectivity index (χ2n) is 5.63. The van der Waals surface area contributed by atoms with Crippen molar-refractivity contribution in [1.29, 1.82) is 0 Å². The summed E-state index contributed by atoms with van der Waals surface area (Å²) in [4.78, 5) is 2.15. The first-order valence-electron chi connectivity index (χ1n) is 7.83. The van der Waals surface area contributed by atoms with E-state index in [0.717, 1.165) is 18.1 Å². The van der Waals surface area contributed by atoms with E-state index < -0.39 is 6.10 Å². The minimum atomic E-state index is -0.575. The molecule has 0 aliphatic rings. The summed E-state index contributed by atoms with van der Waals surface area (Å²) in [6.45, 7) is 2.55. The lowest BCUT2D eigenvalue weighted by Gasteiger charge is -2.23. The zero-order valence-corrected chi connectivity index (χ0v) is 14.2. The lowest BCUT2D eigenvalue weighted by atomic mass is 10.2. The fourth-order valence-electron chi connectivity index (χ4n) is 2.49. The molecule has 0 aliphatic carbocycles. The third-order valence-electron chi connectivity index (χ3n) is 3.55. The van der Waals surface area contributed by atoms with Gasteiger partial charge in [-0.2, -0.15) is 11.3 Å². The summed E-state index contributed by atoms with van der Waals surface area (Å²) in [5.74, 6) is 1.64. The Labute approximate surface area is 145 Å². The van der Waals surface area contributed by atoms with Crippen molar-refractivity contribution in [2.24, 2.45) is 0 Å². The van der Waals surface area contributed by atoms with Crippen LogP contribution in [0.5, 0.6) is 0 Å². The van der Waals surface area contributed by atoms with Crippen molar-refractivity contribution in [2.75, 3.05) is 13.2 Å². The predicted octanol–water partition coefficient (Wildman–Crippen LogP) is 3.51. The number of furan rings is 2. The first kappa shape index (κ1) is 17.0. The largest absolute Gasteiger partial charge is 0.468 e. The Bertz CT molecular complexity index is 628. The molecule has 1 N–H and O–H groups in total. The van der Waals surface area contributed by atoms with E-state index in [9.17, 15) is 5.11 Å². The third-order valence-corrected chi connectivity index (χ3v) is 4.28. The maximum absolute atomic E-state index is 10.3. The highest BCUT2D eigenvalue weighted by Crippen LogP contribution is 2.14. The Hall–Kier alpha value is -1.86. The summed E-state index contributed by atoms with van der Waals surface area (Å²) in [7, 11) is 0. The molecule has 3 aromatic heterocycles. The Balaban J connectivity index is 1.49. The minimum Gasteiger partial charge on any atom is -0.468 e. The van der Waals surface area contributed by atoms with Crippen LogP contribution in [0.2, 0.25) is 0 Å². The summed E-state index contributed by atoms with van der Waals surface area (Å²) in [5.41, 5.74) is 1.23. The molecule has 0 bridgehead atoms. The van der Waals surface area contributed by atoms with Crippen LogP contribution < -0.4 is 0 Å². The van der Waals surface area contributed by atoms with Gasteiger partial charge in [-0.05, 0) is 46.7 Å². The molecule has 1 unspecified atom stereocenters. The summed E-state index contributed by atoms with van der Waals surface area (Å²) in [6.07, 6.45) is 2.70. The molecule has 0 aromatic carbocycles. The van der Waals surface area contributed by atoms with Crippen molar-refractivity contribution < 1.29 is 18.7 Å². The molecule has 128 valence electrons. The van der Waals surface area contributed by atoms with Gasteiger partial charge in [0.1, 0.15) is 18.1 Å². The quantitative estimate of drug-likeness (QED) is 0.608. The number of thiophene rings is 1. The number of ether oxygens (including phenoxy) is 1. The van der Waals surface area contributed by atoms with Crippen molar-refractivity contribution >= 4 is 11.3 Å². The first-order chi connectivity index (χ1) is 11.8. The van der Waals surface area contributed by atoms with Crippen LogP contribution in [0.4, 0.5) is 0 Å². The van der Waals surface area contributed by atoms with Gasteiger partial charge in [-0.3, -0.25) is 4.90 Å². The molecule has 0 radical (unpaired) electrons. The van der Waals surface area contributed by atoms with Gasteiger partial charge in [0, 0.05) is 13.1 Å². The maximum Gasteiger partial charge on any atom is 0.129 e. The van der Waals surface area contributed by atoms with Gasteiger partial charge in [0.15, 0.2) is 0 Å². The highest BCUT2D eigenvalue weighted by atomic mass is 32.1. The summed E-state index contributed by atoms with van der Waals surface area (Å²) in [6, 6.07) is 9.59. The third kappa shape index (κ3) is 5.35. The van der Waals surface area contributed by atoms with E-state index in [2.05, 4.69) is 21.7 Å². The topological polar surface area (TPSA) is 59.0 Å². The Morgan fingerprint density at radius 1 is 1.08 bits per heavy atom. The number of nitrogens with zero attached hydrogens (tertiary/aromatic N) is 1. The van der Waals surface area contributed by atoms with Crippen LogP contribution in [0.15, 0.2) is 62.5 Å². The van der Waals surface area contributed by atoms with Crippen LogP contribution in [0.3, 0.4) is 0 Å². The van der Waals surface area contributed by atoms with Crippen LogP contribution in [-0.4, -0.2) is 29.3 Å². The van der Waals surface area contributed by atoms with Gasteiger partial charge in [0.2, 0.25) is 0 Å². The molecule has 0 saturated heterocycles. The summed E-state index contributed by atoms with van der Waals surface area (Å²) >= 11 is 1.67. The van der Waals surface area contributed by atoms with Gasteiger partial charge in [-0.1, -0.05) is 0 Å². The second-order valence-corrected chi connectivity index (χ2v) is 6.41. The maximum atomic E-state index is 10.3. The Morgan fingerprint density at radius 2 is 1.88 bits per heavy atom. The molecule has 0 aliphatic heterocycles. The fourth-order valence-corrected chi connectivity index (χ4v) is 3.15. The Morgan fingerprint density at radius 3 is 2.54 bits per heavy atom. The number of rotatable bonds is 10. The van der Waals surface area contributed by atoms with Crippen LogP contribution in [0.25, 0.3) is 0 Å². The lowest BCUT2D eigenvalue weighted by molar-refractivity contribution is 0.00165. The van der Waals surface area contributed by atoms with Gasteiger partial charge < -0.3 is 18.7 Å². The standard InChI is InChI=1S/C18H21NO4S/c20-16(12-21-13-18-4-2-7-23-18)10-19(9-15-5-8-24-14-15)11-17-3-1-6-22-17/h1-8,14,16,20H,9-13H2. The highest BCUT2D eigenvalue weighted by Gasteiger charge is 2.15. The molecule has 3 heterocycles. The average molecular weight is 347 g/mol. The molecule has 24 heavy (non-hydrogen) atoms. The molecular weight excluding hydrogens is 326 g/mol. The SMILES string of the molecule is OC(COCc1ccco1)CN(Cc1ccsc1)Cc1ccco1. The lowest BCUT2D eigenvalue weighted by Crippen LogP contribution is -2.34. The normalized spacial score (nSPS) is 12.8. The van der Waals surface area contributed by atoms with Crippen molar-refractivity contribution in [3.63, 3.8) is 0 Å². The van der Waals surface area contributed by atoms with E-state index >= 15 is 0 Å². The van der Waals surface area contributed by atoms with Gasteiger partial charge >= 0.3 is 0 Å². The van der Waals surface area contributed by atoms with Crippen molar-refractivity contribution in [1.82, 2.24) is 4.90 Å². The molecule has 3 rings (SSSR count). The van der Waals surface area contributed by atoms with Crippen molar-refractivity contribution in [2.45, 2.75) is 25.8 Å². The molecule has 5 nitrogen and oxygen atoms in total. The Kier molecular flexibility index (Phi) is 6.26. The van der Waals surface area contributed by atoms with E-state index in [1.54, 1.807) is 23.9 Å².